The SMILES string of the molecule is CCOC(=O)COc1ccc2c(C)c(-c3ccc(Cl)cc3)c(=O)oc2c1. The molecule has 0 atom stereocenters. The van der Waals surface area contributed by atoms with Crippen LogP contribution in [0.15, 0.2) is 51.7 Å². The Morgan fingerprint density at radius 3 is 2.58 bits per heavy atom. The maximum atomic E-state index is 12.5. The monoisotopic (exact) mass is 372 g/mol. The first-order chi connectivity index (χ1) is 12.5. The average Bonchev–Trinajstić information content (AvgIpc) is 2.61. The van der Waals surface area contributed by atoms with Gasteiger partial charge in [0.05, 0.1) is 12.2 Å². The minimum absolute atomic E-state index is 0.203. The topological polar surface area (TPSA) is 65.7 Å². The first kappa shape index (κ1) is 18.0. The van der Waals surface area contributed by atoms with Crippen molar-refractivity contribution in [3.63, 3.8) is 0 Å². The molecule has 0 saturated heterocycles. The number of carbonyl (C=O) groups is 1. The molecule has 0 aliphatic rings. The number of hydrogen-bond donors (Lipinski definition) is 0. The predicted molar refractivity (Wildman–Crippen MR) is 99.8 cm³/mol. The summed E-state index contributed by atoms with van der Waals surface area (Å²) in [5.74, 6) is -0.0318. The number of halogens is 1. The first-order valence-electron chi connectivity index (χ1n) is 8.11. The fourth-order valence-corrected chi connectivity index (χ4v) is 2.85. The van der Waals surface area contributed by atoms with Gasteiger partial charge in [-0.3, -0.25) is 0 Å². The van der Waals surface area contributed by atoms with Crippen LogP contribution in [0, 0.1) is 6.92 Å². The van der Waals surface area contributed by atoms with Crippen LogP contribution in [-0.2, 0) is 9.53 Å². The maximum Gasteiger partial charge on any atom is 0.344 e. The lowest BCUT2D eigenvalue weighted by Gasteiger charge is -2.10. The van der Waals surface area contributed by atoms with E-state index in [1.807, 2.05) is 6.92 Å². The van der Waals surface area contributed by atoms with Gasteiger partial charge in [-0.25, -0.2) is 9.59 Å². The zero-order valence-electron chi connectivity index (χ0n) is 14.4. The number of carbonyl (C=O) groups excluding carboxylic acids is 1. The second kappa shape index (κ2) is 7.62. The lowest BCUT2D eigenvalue weighted by molar-refractivity contribution is -0.145. The van der Waals surface area contributed by atoms with E-state index in [1.165, 1.54) is 0 Å². The Labute approximate surface area is 155 Å². The summed E-state index contributed by atoms with van der Waals surface area (Å²) < 4.78 is 15.7. The van der Waals surface area contributed by atoms with Crippen molar-refractivity contribution in [3.8, 4) is 16.9 Å². The summed E-state index contributed by atoms with van der Waals surface area (Å²) in [7, 11) is 0. The van der Waals surface area contributed by atoms with Crippen molar-refractivity contribution in [3.05, 3.63) is 63.5 Å². The van der Waals surface area contributed by atoms with Gasteiger partial charge in [-0.15, -0.1) is 0 Å². The number of aryl methyl sites for hydroxylation is 1. The molecule has 0 N–H and O–H groups in total. The Hall–Kier alpha value is -2.79. The van der Waals surface area contributed by atoms with Gasteiger partial charge in [-0.1, -0.05) is 23.7 Å². The first-order valence-corrected chi connectivity index (χ1v) is 8.49. The van der Waals surface area contributed by atoms with Crippen LogP contribution in [0.1, 0.15) is 12.5 Å². The van der Waals surface area contributed by atoms with Gasteiger partial charge in [0.2, 0.25) is 0 Å². The lowest BCUT2D eigenvalue weighted by atomic mass is 10.00. The van der Waals surface area contributed by atoms with Gasteiger partial charge in [0.25, 0.3) is 0 Å². The average molecular weight is 373 g/mol. The lowest BCUT2D eigenvalue weighted by Crippen LogP contribution is -2.14. The van der Waals surface area contributed by atoms with Crippen LogP contribution in [0.5, 0.6) is 5.75 Å². The predicted octanol–water partition coefficient (Wildman–Crippen LogP) is 4.36. The van der Waals surface area contributed by atoms with Crippen molar-refractivity contribution >= 4 is 28.5 Å². The molecule has 0 amide bonds. The van der Waals surface area contributed by atoms with Gasteiger partial charge in [-0.05, 0) is 49.2 Å². The number of esters is 1. The molecule has 26 heavy (non-hydrogen) atoms. The number of hydrogen-bond acceptors (Lipinski definition) is 5. The van der Waals surface area contributed by atoms with Crippen LogP contribution in [0.2, 0.25) is 5.02 Å². The molecule has 6 heteroatoms. The van der Waals surface area contributed by atoms with Crippen LogP contribution in [0.3, 0.4) is 0 Å². The number of benzene rings is 2. The van der Waals surface area contributed by atoms with E-state index in [0.29, 0.717) is 28.5 Å². The van der Waals surface area contributed by atoms with Crippen LogP contribution in [-0.4, -0.2) is 19.2 Å². The quantitative estimate of drug-likeness (QED) is 0.491. The van der Waals surface area contributed by atoms with Crippen LogP contribution < -0.4 is 10.4 Å². The highest BCUT2D eigenvalue weighted by molar-refractivity contribution is 6.30. The van der Waals surface area contributed by atoms with E-state index in [-0.39, 0.29) is 6.61 Å². The van der Waals surface area contributed by atoms with Crippen molar-refractivity contribution in [2.24, 2.45) is 0 Å². The molecule has 0 saturated carbocycles. The highest BCUT2D eigenvalue weighted by Gasteiger charge is 2.14. The standard InChI is InChI=1S/C20H17ClO5/c1-3-24-18(22)11-25-15-8-9-16-12(2)19(20(23)26-17(16)10-15)13-4-6-14(21)7-5-13/h4-10H,3,11H2,1-2H3. The molecule has 3 rings (SSSR count). The molecule has 0 unspecified atom stereocenters. The van der Waals surface area contributed by atoms with Crippen molar-refractivity contribution < 1.29 is 18.7 Å². The minimum Gasteiger partial charge on any atom is -0.482 e. The Bertz CT molecular complexity index is 1010. The fraction of sp³-hybridized carbons (Fsp3) is 0.200. The number of fused-ring (bicyclic) bond motifs is 1. The molecule has 0 bridgehead atoms. The summed E-state index contributed by atoms with van der Waals surface area (Å²) in [6, 6.07) is 12.1. The molecule has 5 nitrogen and oxygen atoms in total. The molecule has 2 aromatic carbocycles. The smallest absolute Gasteiger partial charge is 0.344 e. The van der Waals surface area contributed by atoms with E-state index < -0.39 is 11.6 Å². The molecule has 0 aliphatic heterocycles. The Morgan fingerprint density at radius 1 is 1.15 bits per heavy atom. The number of rotatable bonds is 5. The Balaban J connectivity index is 1.97. The molecule has 0 radical (unpaired) electrons. The second-order valence-corrected chi connectivity index (χ2v) is 6.08. The summed E-state index contributed by atoms with van der Waals surface area (Å²) >= 11 is 5.91. The van der Waals surface area contributed by atoms with Gasteiger partial charge in [0.15, 0.2) is 6.61 Å². The molecule has 0 spiro atoms. The van der Waals surface area contributed by atoms with Gasteiger partial charge in [0, 0.05) is 16.5 Å². The van der Waals surface area contributed by atoms with Gasteiger partial charge < -0.3 is 13.9 Å². The van der Waals surface area contributed by atoms with E-state index in [2.05, 4.69) is 0 Å². The molecule has 0 fully saturated rings. The normalized spacial score (nSPS) is 10.7. The molecule has 0 aliphatic carbocycles. The molecule has 1 heterocycles. The van der Waals surface area contributed by atoms with E-state index >= 15 is 0 Å². The Morgan fingerprint density at radius 2 is 1.88 bits per heavy atom. The minimum atomic E-state index is -0.455. The maximum absolute atomic E-state index is 12.5. The number of ether oxygens (including phenoxy) is 2. The van der Waals surface area contributed by atoms with Gasteiger partial charge in [-0.2, -0.15) is 0 Å². The highest BCUT2D eigenvalue weighted by atomic mass is 35.5. The third-order valence-corrected chi connectivity index (χ3v) is 4.19. The summed E-state index contributed by atoms with van der Waals surface area (Å²) in [6.07, 6.45) is 0. The van der Waals surface area contributed by atoms with E-state index in [1.54, 1.807) is 49.4 Å². The fourth-order valence-electron chi connectivity index (χ4n) is 2.72. The van der Waals surface area contributed by atoms with Crippen molar-refractivity contribution in [2.45, 2.75) is 13.8 Å². The van der Waals surface area contributed by atoms with Gasteiger partial charge >= 0.3 is 11.6 Å². The van der Waals surface area contributed by atoms with Crippen molar-refractivity contribution in [2.75, 3.05) is 13.2 Å². The van der Waals surface area contributed by atoms with Crippen molar-refractivity contribution in [1.82, 2.24) is 0 Å². The molecule has 1 aromatic heterocycles. The Kier molecular flexibility index (Phi) is 5.28. The van der Waals surface area contributed by atoms with E-state index in [9.17, 15) is 9.59 Å². The van der Waals surface area contributed by atoms with Gasteiger partial charge in [0.1, 0.15) is 11.3 Å². The molecular weight excluding hydrogens is 356 g/mol. The summed E-state index contributed by atoms with van der Waals surface area (Å²) in [5.41, 5.74) is 1.99. The summed E-state index contributed by atoms with van der Waals surface area (Å²) in [5, 5.41) is 1.39. The molecular formula is C20H17ClO5. The summed E-state index contributed by atoms with van der Waals surface area (Å²) in [6.45, 7) is 3.68. The second-order valence-electron chi connectivity index (χ2n) is 5.65. The van der Waals surface area contributed by atoms with E-state index in [4.69, 9.17) is 25.5 Å². The summed E-state index contributed by atoms with van der Waals surface area (Å²) in [4.78, 5) is 23.9. The van der Waals surface area contributed by atoms with E-state index in [0.717, 1.165) is 16.5 Å². The zero-order valence-corrected chi connectivity index (χ0v) is 15.1. The van der Waals surface area contributed by atoms with Crippen LogP contribution >= 0.6 is 11.6 Å². The van der Waals surface area contributed by atoms with Crippen molar-refractivity contribution in [1.29, 1.82) is 0 Å². The van der Waals surface area contributed by atoms with Crippen LogP contribution in [0.4, 0.5) is 0 Å². The molecule has 3 aromatic rings. The van der Waals surface area contributed by atoms with Crippen LogP contribution in [0.25, 0.3) is 22.1 Å². The highest BCUT2D eigenvalue weighted by Crippen LogP contribution is 2.29. The third-order valence-electron chi connectivity index (χ3n) is 3.93. The third kappa shape index (κ3) is 3.73. The largest absolute Gasteiger partial charge is 0.482 e. The zero-order chi connectivity index (χ0) is 18.7. The molecule has 134 valence electrons.